The van der Waals surface area contributed by atoms with Gasteiger partial charge in [0.05, 0.1) is 18.3 Å². The fourth-order valence-corrected chi connectivity index (χ4v) is 5.12. The summed E-state index contributed by atoms with van der Waals surface area (Å²) in [5, 5.41) is 8.94. The lowest BCUT2D eigenvalue weighted by atomic mass is 9.68. The molecule has 3 rings (SSSR count). The number of benzene rings is 1. The molecule has 2 heteroatoms. The molecular formula is C24H32FN. The lowest BCUT2D eigenvalue weighted by molar-refractivity contribution is 0.160. The molecule has 1 nitrogen and oxygen atoms in total. The predicted octanol–water partition coefficient (Wildman–Crippen LogP) is 6.94. The van der Waals surface area contributed by atoms with Crippen LogP contribution in [0.15, 0.2) is 36.4 Å². The third-order valence-electron chi connectivity index (χ3n) is 6.75. The minimum absolute atomic E-state index is 0.228. The maximum Gasteiger partial charge on any atom is 0.0991 e. The van der Waals surface area contributed by atoms with Crippen LogP contribution in [0.4, 0.5) is 4.39 Å². The molecule has 0 unspecified atom stereocenters. The summed E-state index contributed by atoms with van der Waals surface area (Å²) >= 11 is 0. The van der Waals surface area contributed by atoms with E-state index >= 15 is 0 Å². The second-order valence-corrected chi connectivity index (χ2v) is 8.31. The number of halogens is 1. The van der Waals surface area contributed by atoms with E-state index in [4.69, 9.17) is 5.26 Å². The van der Waals surface area contributed by atoms with Gasteiger partial charge in [0.1, 0.15) is 0 Å². The summed E-state index contributed by atoms with van der Waals surface area (Å²) in [6.07, 6.45) is 16.8. The quantitative estimate of drug-likeness (QED) is 0.508. The van der Waals surface area contributed by atoms with Gasteiger partial charge in [0.15, 0.2) is 0 Å². The molecule has 0 heterocycles. The van der Waals surface area contributed by atoms with Gasteiger partial charge in [-0.3, -0.25) is 4.39 Å². The molecule has 0 radical (unpaired) electrons. The van der Waals surface area contributed by atoms with Gasteiger partial charge in [0.2, 0.25) is 0 Å². The van der Waals surface area contributed by atoms with E-state index in [1.54, 1.807) is 0 Å². The highest BCUT2D eigenvalue weighted by molar-refractivity contribution is 5.33. The van der Waals surface area contributed by atoms with Crippen LogP contribution >= 0.6 is 0 Å². The molecule has 2 saturated carbocycles. The van der Waals surface area contributed by atoms with Crippen LogP contribution in [0.1, 0.15) is 81.3 Å². The zero-order valence-electron chi connectivity index (χ0n) is 15.9. The first-order valence-electron chi connectivity index (χ1n) is 10.5. The highest BCUT2D eigenvalue weighted by Crippen LogP contribution is 2.44. The Morgan fingerprint density at radius 1 is 0.885 bits per heavy atom. The van der Waals surface area contributed by atoms with Crippen LogP contribution in [0.2, 0.25) is 0 Å². The number of alkyl halides is 1. The maximum absolute atomic E-state index is 12.1. The SMILES string of the molecule is N#Cc1ccc([C@H]2CC[C@H]([C@H]3CC[C@H](CC=CCCF)CC3)CC2)cc1. The van der Waals surface area contributed by atoms with Gasteiger partial charge < -0.3 is 0 Å². The molecule has 0 bridgehead atoms. The van der Waals surface area contributed by atoms with E-state index < -0.39 is 0 Å². The Balaban J connectivity index is 1.41. The van der Waals surface area contributed by atoms with Crippen LogP contribution in [0.25, 0.3) is 0 Å². The van der Waals surface area contributed by atoms with Gasteiger partial charge in [-0.05, 0) is 106 Å². The summed E-state index contributed by atoms with van der Waals surface area (Å²) in [4.78, 5) is 0. The van der Waals surface area contributed by atoms with Crippen molar-refractivity contribution >= 4 is 0 Å². The average Bonchev–Trinajstić information content (AvgIpc) is 2.72. The van der Waals surface area contributed by atoms with E-state index in [1.807, 2.05) is 18.2 Å². The van der Waals surface area contributed by atoms with Crippen molar-refractivity contribution in [3.63, 3.8) is 0 Å². The first-order chi connectivity index (χ1) is 12.8. The van der Waals surface area contributed by atoms with Crippen LogP contribution < -0.4 is 0 Å². The summed E-state index contributed by atoms with van der Waals surface area (Å²) < 4.78 is 12.1. The number of allylic oxidation sites excluding steroid dienone is 2. The van der Waals surface area contributed by atoms with Gasteiger partial charge in [-0.1, -0.05) is 24.3 Å². The summed E-state index contributed by atoms with van der Waals surface area (Å²) in [6, 6.07) is 10.5. The van der Waals surface area contributed by atoms with Gasteiger partial charge in [0.25, 0.3) is 0 Å². The zero-order valence-corrected chi connectivity index (χ0v) is 15.9. The Labute approximate surface area is 158 Å². The monoisotopic (exact) mass is 353 g/mol. The number of rotatable bonds is 6. The molecule has 2 aliphatic rings. The normalized spacial score (nSPS) is 29.5. The van der Waals surface area contributed by atoms with Gasteiger partial charge in [-0.15, -0.1) is 0 Å². The Morgan fingerprint density at radius 2 is 1.50 bits per heavy atom. The largest absolute Gasteiger partial charge is 0.251 e. The number of nitriles is 1. The summed E-state index contributed by atoms with van der Waals surface area (Å²) in [7, 11) is 0. The molecule has 0 spiro atoms. The van der Waals surface area contributed by atoms with Gasteiger partial charge in [-0.25, -0.2) is 0 Å². The van der Waals surface area contributed by atoms with Gasteiger partial charge in [0, 0.05) is 0 Å². The first kappa shape index (κ1) is 19.2. The Hall–Kier alpha value is -1.62. The van der Waals surface area contributed by atoms with Crippen molar-refractivity contribution in [1.29, 1.82) is 5.26 Å². The molecule has 2 aliphatic carbocycles. The summed E-state index contributed by atoms with van der Waals surface area (Å²) in [6.45, 7) is -0.228. The molecule has 2 fully saturated rings. The standard InChI is InChI=1S/C24H32FN/c25-17-3-1-2-4-19-5-9-21(10-6-19)23-13-15-24(16-14-23)22-11-7-20(18-26)8-12-22/h1-2,7-8,11-12,19,21,23-24H,3-6,9-10,13-17H2/t19-,21-,23-,24-. The molecule has 0 aliphatic heterocycles. The van der Waals surface area contributed by atoms with Gasteiger partial charge >= 0.3 is 0 Å². The second kappa shape index (κ2) is 9.91. The Morgan fingerprint density at radius 3 is 2.08 bits per heavy atom. The number of hydrogen-bond acceptors (Lipinski definition) is 1. The average molecular weight is 354 g/mol. The van der Waals surface area contributed by atoms with Crippen molar-refractivity contribution in [2.75, 3.05) is 6.67 Å². The fraction of sp³-hybridized carbons (Fsp3) is 0.625. The van der Waals surface area contributed by atoms with E-state index in [9.17, 15) is 4.39 Å². The van der Waals surface area contributed by atoms with E-state index in [0.29, 0.717) is 12.3 Å². The maximum atomic E-state index is 12.1. The minimum Gasteiger partial charge on any atom is -0.251 e. The molecular weight excluding hydrogens is 321 g/mol. The molecule has 140 valence electrons. The summed E-state index contributed by atoms with van der Waals surface area (Å²) in [5.41, 5.74) is 2.19. The van der Waals surface area contributed by atoms with Crippen LogP contribution in [-0.4, -0.2) is 6.67 Å². The zero-order chi connectivity index (χ0) is 18.2. The molecule has 0 aromatic heterocycles. The van der Waals surface area contributed by atoms with Gasteiger partial charge in [-0.2, -0.15) is 5.26 Å². The van der Waals surface area contributed by atoms with Crippen molar-refractivity contribution < 1.29 is 4.39 Å². The Bertz CT molecular complexity index is 596. The molecule has 0 saturated heterocycles. The molecule has 0 atom stereocenters. The lowest BCUT2D eigenvalue weighted by Gasteiger charge is -2.38. The Kier molecular flexibility index (Phi) is 7.30. The highest BCUT2D eigenvalue weighted by atomic mass is 19.1. The van der Waals surface area contributed by atoms with E-state index in [1.165, 1.54) is 56.9 Å². The van der Waals surface area contributed by atoms with Crippen molar-refractivity contribution in [2.45, 2.75) is 70.1 Å². The highest BCUT2D eigenvalue weighted by Gasteiger charge is 2.30. The van der Waals surface area contributed by atoms with Crippen molar-refractivity contribution in [3.8, 4) is 6.07 Å². The second-order valence-electron chi connectivity index (χ2n) is 8.31. The molecule has 26 heavy (non-hydrogen) atoms. The molecule has 0 N–H and O–H groups in total. The van der Waals surface area contributed by atoms with E-state index in [-0.39, 0.29) is 6.67 Å². The minimum atomic E-state index is -0.228. The molecule has 0 amide bonds. The number of hydrogen-bond donors (Lipinski definition) is 0. The molecule has 1 aromatic rings. The van der Waals surface area contributed by atoms with Crippen LogP contribution in [0.3, 0.4) is 0 Å². The van der Waals surface area contributed by atoms with E-state index in [0.717, 1.165) is 29.7 Å². The van der Waals surface area contributed by atoms with Crippen molar-refractivity contribution in [3.05, 3.63) is 47.5 Å². The summed E-state index contributed by atoms with van der Waals surface area (Å²) in [5.74, 6) is 3.38. The third kappa shape index (κ3) is 5.19. The van der Waals surface area contributed by atoms with Crippen molar-refractivity contribution in [2.24, 2.45) is 17.8 Å². The van der Waals surface area contributed by atoms with E-state index in [2.05, 4.69) is 24.3 Å². The lowest BCUT2D eigenvalue weighted by Crippen LogP contribution is -2.25. The van der Waals surface area contributed by atoms with Crippen LogP contribution in [0, 0.1) is 29.1 Å². The number of nitrogens with zero attached hydrogens (tertiary/aromatic N) is 1. The van der Waals surface area contributed by atoms with Crippen molar-refractivity contribution in [1.82, 2.24) is 0 Å². The van der Waals surface area contributed by atoms with Crippen LogP contribution in [0.5, 0.6) is 0 Å². The third-order valence-corrected chi connectivity index (χ3v) is 6.75. The topological polar surface area (TPSA) is 23.8 Å². The first-order valence-corrected chi connectivity index (χ1v) is 10.5. The van der Waals surface area contributed by atoms with Crippen LogP contribution in [-0.2, 0) is 0 Å². The predicted molar refractivity (Wildman–Crippen MR) is 106 cm³/mol. The smallest absolute Gasteiger partial charge is 0.0991 e. The molecule has 1 aromatic carbocycles. The fourth-order valence-electron chi connectivity index (χ4n) is 5.12.